The standard InChI is InChI=1S/C14H22ClN3O2/c1-4-5-18-12(11(15)10-16-18)13(19)14(2,3)17-6-8-20-9-7-17/h10H,4-9H2,1-3H3. The van der Waals surface area contributed by atoms with E-state index in [0.29, 0.717) is 30.5 Å². The zero-order valence-corrected chi connectivity index (χ0v) is 13.1. The van der Waals surface area contributed by atoms with Crippen molar-refractivity contribution in [2.45, 2.75) is 39.3 Å². The van der Waals surface area contributed by atoms with Gasteiger partial charge < -0.3 is 4.74 Å². The molecule has 5 nitrogen and oxygen atoms in total. The molecule has 0 unspecified atom stereocenters. The molecule has 1 fully saturated rings. The first kappa shape index (κ1) is 15.5. The van der Waals surface area contributed by atoms with Crippen molar-refractivity contribution in [3.63, 3.8) is 0 Å². The van der Waals surface area contributed by atoms with Gasteiger partial charge in [-0.05, 0) is 20.3 Å². The number of rotatable bonds is 5. The number of nitrogens with zero attached hydrogens (tertiary/aromatic N) is 3. The molecule has 20 heavy (non-hydrogen) atoms. The number of carbonyl (C=O) groups excluding carboxylic acids is 1. The molecule has 1 aromatic heterocycles. The minimum atomic E-state index is -0.598. The minimum absolute atomic E-state index is 0.0235. The number of Topliss-reactive ketones (excluding diaryl/α,β-unsaturated/α-hetero) is 1. The number of halogens is 1. The number of hydrogen-bond donors (Lipinski definition) is 0. The molecule has 1 aromatic rings. The first-order chi connectivity index (χ1) is 9.48. The van der Waals surface area contributed by atoms with Gasteiger partial charge in [-0.3, -0.25) is 14.4 Å². The molecule has 0 aromatic carbocycles. The van der Waals surface area contributed by atoms with Crippen LogP contribution in [-0.4, -0.2) is 52.3 Å². The van der Waals surface area contributed by atoms with Crippen molar-refractivity contribution in [3.05, 3.63) is 16.9 Å². The molecule has 0 radical (unpaired) electrons. The second kappa shape index (κ2) is 6.24. The Labute approximate surface area is 124 Å². The number of morpholine rings is 1. The summed E-state index contributed by atoms with van der Waals surface area (Å²) in [6, 6.07) is 0. The second-order valence-corrected chi connectivity index (χ2v) is 5.96. The highest BCUT2D eigenvalue weighted by atomic mass is 35.5. The van der Waals surface area contributed by atoms with Crippen LogP contribution in [-0.2, 0) is 11.3 Å². The Morgan fingerprint density at radius 3 is 2.70 bits per heavy atom. The first-order valence-corrected chi connectivity index (χ1v) is 7.45. The number of carbonyl (C=O) groups is 1. The van der Waals surface area contributed by atoms with E-state index in [9.17, 15) is 4.79 Å². The summed E-state index contributed by atoms with van der Waals surface area (Å²) in [5.41, 5.74) is -0.0797. The number of aryl methyl sites for hydroxylation is 1. The average Bonchev–Trinajstić information content (AvgIpc) is 2.80. The van der Waals surface area contributed by atoms with Crippen LogP contribution in [0.1, 0.15) is 37.7 Å². The number of ketones is 1. The van der Waals surface area contributed by atoms with Crippen molar-refractivity contribution in [2.24, 2.45) is 0 Å². The van der Waals surface area contributed by atoms with Gasteiger partial charge in [0.05, 0.1) is 30.0 Å². The first-order valence-electron chi connectivity index (χ1n) is 7.07. The van der Waals surface area contributed by atoms with Crippen LogP contribution in [0, 0.1) is 0 Å². The lowest BCUT2D eigenvalue weighted by molar-refractivity contribution is -0.00466. The number of aromatic nitrogens is 2. The molecule has 6 heteroatoms. The van der Waals surface area contributed by atoms with Crippen molar-refractivity contribution < 1.29 is 9.53 Å². The van der Waals surface area contributed by atoms with Crippen LogP contribution >= 0.6 is 11.6 Å². The Kier molecular flexibility index (Phi) is 4.83. The number of ether oxygens (including phenoxy) is 1. The highest BCUT2D eigenvalue weighted by molar-refractivity contribution is 6.34. The van der Waals surface area contributed by atoms with E-state index < -0.39 is 5.54 Å². The van der Waals surface area contributed by atoms with Gasteiger partial charge in [0, 0.05) is 19.6 Å². The van der Waals surface area contributed by atoms with Gasteiger partial charge in [-0.1, -0.05) is 18.5 Å². The monoisotopic (exact) mass is 299 g/mol. The normalized spacial score (nSPS) is 17.4. The summed E-state index contributed by atoms with van der Waals surface area (Å²) in [4.78, 5) is 15.1. The Balaban J connectivity index is 2.27. The molecule has 0 saturated carbocycles. The van der Waals surface area contributed by atoms with E-state index in [1.807, 2.05) is 13.8 Å². The lowest BCUT2D eigenvalue weighted by Crippen LogP contribution is -2.54. The molecule has 112 valence electrons. The predicted molar refractivity (Wildman–Crippen MR) is 78.3 cm³/mol. The lowest BCUT2D eigenvalue weighted by Gasteiger charge is -2.39. The minimum Gasteiger partial charge on any atom is -0.379 e. The molecule has 0 bridgehead atoms. The summed E-state index contributed by atoms with van der Waals surface area (Å²) < 4.78 is 7.07. The van der Waals surface area contributed by atoms with Crippen LogP contribution in [0.4, 0.5) is 0 Å². The van der Waals surface area contributed by atoms with Crippen LogP contribution in [0.25, 0.3) is 0 Å². The van der Waals surface area contributed by atoms with Crippen molar-refractivity contribution in [1.82, 2.24) is 14.7 Å². The smallest absolute Gasteiger partial charge is 0.201 e. The summed E-state index contributed by atoms with van der Waals surface area (Å²) in [6.07, 6.45) is 2.47. The van der Waals surface area contributed by atoms with E-state index in [2.05, 4.69) is 16.9 Å². The molecule has 0 amide bonds. The molecular weight excluding hydrogens is 278 g/mol. The molecular formula is C14H22ClN3O2. The second-order valence-electron chi connectivity index (χ2n) is 5.55. The number of hydrogen-bond acceptors (Lipinski definition) is 4. The molecule has 2 rings (SSSR count). The highest BCUT2D eigenvalue weighted by Gasteiger charge is 2.38. The van der Waals surface area contributed by atoms with Gasteiger partial charge in [-0.25, -0.2) is 0 Å². The fraction of sp³-hybridized carbons (Fsp3) is 0.714. The molecule has 0 N–H and O–H groups in total. The van der Waals surface area contributed by atoms with Crippen LogP contribution in [0.5, 0.6) is 0 Å². The Bertz CT molecular complexity index is 479. The van der Waals surface area contributed by atoms with Gasteiger partial charge in [-0.15, -0.1) is 0 Å². The van der Waals surface area contributed by atoms with Crippen molar-refractivity contribution in [3.8, 4) is 0 Å². The van der Waals surface area contributed by atoms with Crippen LogP contribution in [0.15, 0.2) is 6.20 Å². The molecule has 0 spiro atoms. The summed E-state index contributed by atoms with van der Waals surface area (Å²) in [7, 11) is 0. The van der Waals surface area contributed by atoms with Gasteiger partial charge in [0.1, 0.15) is 5.69 Å². The zero-order valence-electron chi connectivity index (χ0n) is 12.4. The third-order valence-corrected chi connectivity index (χ3v) is 4.08. The van der Waals surface area contributed by atoms with Crippen molar-refractivity contribution in [1.29, 1.82) is 0 Å². The van der Waals surface area contributed by atoms with Gasteiger partial charge in [0.25, 0.3) is 0 Å². The molecule has 2 heterocycles. The molecule has 1 aliphatic rings. The molecule has 1 aliphatic heterocycles. The van der Waals surface area contributed by atoms with E-state index in [4.69, 9.17) is 16.3 Å². The van der Waals surface area contributed by atoms with E-state index in [1.54, 1.807) is 10.9 Å². The molecule has 1 saturated heterocycles. The molecule has 0 aliphatic carbocycles. The van der Waals surface area contributed by atoms with Gasteiger partial charge in [-0.2, -0.15) is 5.10 Å². The quantitative estimate of drug-likeness (QED) is 0.782. The average molecular weight is 300 g/mol. The van der Waals surface area contributed by atoms with E-state index in [1.165, 1.54) is 0 Å². The summed E-state index contributed by atoms with van der Waals surface area (Å²) in [5, 5.41) is 4.64. The van der Waals surface area contributed by atoms with E-state index >= 15 is 0 Å². The topological polar surface area (TPSA) is 47.4 Å². The summed E-state index contributed by atoms with van der Waals surface area (Å²) in [5.74, 6) is 0.0235. The SMILES string of the molecule is CCCn1ncc(Cl)c1C(=O)C(C)(C)N1CCOCC1. The third kappa shape index (κ3) is 2.90. The predicted octanol–water partition coefficient (Wildman–Crippen LogP) is 2.24. The largest absolute Gasteiger partial charge is 0.379 e. The van der Waals surface area contributed by atoms with Gasteiger partial charge >= 0.3 is 0 Å². The van der Waals surface area contributed by atoms with Gasteiger partial charge in [0.15, 0.2) is 0 Å². The highest BCUT2D eigenvalue weighted by Crippen LogP contribution is 2.26. The zero-order chi connectivity index (χ0) is 14.8. The van der Waals surface area contributed by atoms with Crippen molar-refractivity contribution >= 4 is 17.4 Å². The maximum Gasteiger partial charge on any atom is 0.201 e. The Hall–Kier alpha value is -0.910. The fourth-order valence-electron chi connectivity index (χ4n) is 2.53. The van der Waals surface area contributed by atoms with E-state index in [-0.39, 0.29) is 5.78 Å². The third-order valence-electron chi connectivity index (χ3n) is 3.80. The fourth-order valence-corrected chi connectivity index (χ4v) is 2.75. The van der Waals surface area contributed by atoms with E-state index in [0.717, 1.165) is 19.5 Å². The van der Waals surface area contributed by atoms with Crippen LogP contribution in [0.2, 0.25) is 5.02 Å². The van der Waals surface area contributed by atoms with Crippen LogP contribution in [0.3, 0.4) is 0 Å². The maximum atomic E-state index is 12.9. The maximum absolute atomic E-state index is 12.9. The van der Waals surface area contributed by atoms with Crippen molar-refractivity contribution in [2.75, 3.05) is 26.3 Å². The van der Waals surface area contributed by atoms with Gasteiger partial charge in [0.2, 0.25) is 5.78 Å². The van der Waals surface area contributed by atoms with Crippen LogP contribution < -0.4 is 0 Å². The lowest BCUT2D eigenvalue weighted by atomic mass is 9.93. The Morgan fingerprint density at radius 2 is 2.10 bits per heavy atom. The summed E-state index contributed by atoms with van der Waals surface area (Å²) in [6.45, 7) is 9.50. The Morgan fingerprint density at radius 1 is 1.45 bits per heavy atom. The summed E-state index contributed by atoms with van der Waals surface area (Å²) >= 11 is 6.17. The molecule has 0 atom stereocenters.